The van der Waals surface area contributed by atoms with Gasteiger partial charge in [0.2, 0.25) is 11.6 Å². The van der Waals surface area contributed by atoms with E-state index < -0.39 is 23.7 Å². The SMILES string of the molecule is CN(c1cccnc1)C1C(=O)C(=O)C1NCc1ccc(C(=O)Nc2ccccc2N)cc1. The van der Waals surface area contributed by atoms with Crippen molar-refractivity contribution in [3.8, 4) is 0 Å². The number of benzene rings is 2. The molecule has 1 heterocycles. The highest BCUT2D eigenvalue weighted by molar-refractivity contribution is 6.49. The Balaban J connectivity index is 1.37. The van der Waals surface area contributed by atoms with Crippen molar-refractivity contribution < 1.29 is 14.4 Å². The molecule has 4 rings (SSSR count). The number of nitrogens with two attached hydrogens (primary N) is 1. The molecule has 1 aromatic heterocycles. The van der Waals surface area contributed by atoms with E-state index in [9.17, 15) is 14.4 Å². The lowest BCUT2D eigenvalue weighted by Crippen LogP contribution is -2.69. The highest BCUT2D eigenvalue weighted by Gasteiger charge is 2.51. The molecule has 0 aliphatic heterocycles. The minimum absolute atomic E-state index is 0.264. The van der Waals surface area contributed by atoms with Gasteiger partial charge in [0.25, 0.3) is 5.91 Å². The maximum absolute atomic E-state index is 12.5. The maximum atomic E-state index is 12.5. The summed E-state index contributed by atoms with van der Waals surface area (Å²) < 4.78 is 0. The van der Waals surface area contributed by atoms with Gasteiger partial charge in [-0.25, -0.2) is 0 Å². The first kappa shape index (κ1) is 21.2. The van der Waals surface area contributed by atoms with Crippen molar-refractivity contribution in [1.29, 1.82) is 0 Å². The van der Waals surface area contributed by atoms with Crippen molar-refractivity contribution in [2.24, 2.45) is 0 Å². The van der Waals surface area contributed by atoms with Crippen molar-refractivity contribution in [2.75, 3.05) is 23.0 Å². The lowest BCUT2D eigenvalue weighted by molar-refractivity contribution is -0.146. The molecule has 8 heteroatoms. The van der Waals surface area contributed by atoms with Gasteiger partial charge in [0, 0.05) is 25.4 Å². The molecule has 32 heavy (non-hydrogen) atoms. The summed E-state index contributed by atoms with van der Waals surface area (Å²) in [5.74, 6) is -1.11. The first-order chi connectivity index (χ1) is 15.5. The summed E-state index contributed by atoms with van der Waals surface area (Å²) in [6.07, 6.45) is 3.31. The molecule has 2 atom stereocenters. The number of amides is 1. The Morgan fingerprint density at radius 2 is 1.78 bits per heavy atom. The van der Waals surface area contributed by atoms with Crippen LogP contribution in [0.3, 0.4) is 0 Å². The molecule has 0 bridgehead atoms. The van der Waals surface area contributed by atoms with E-state index in [0.29, 0.717) is 23.5 Å². The summed E-state index contributed by atoms with van der Waals surface area (Å²) in [5.41, 5.74) is 9.05. The summed E-state index contributed by atoms with van der Waals surface area (Å²) in [5, 5.41) is 5.95. The zero-order chi connectivity index (χ0) is 22.7. The number of anilines is 3. The molecule has 3 aromatic rings. The van der Waals surface area contributed by atoms with Crippen LogP contribution in [0.4, 0.5) is 17.1 Å². The van der Waals surface area contributed by atoms with Crippen molar-refractivity contribution in [3.63, 3.8) is 0 Å². The van der Waals surface area contributed by atoms with Gasteiger partial charge in [0.05, 0.1) is 23.3 Å². The number of nitrogens with one attached hydrogen (secondary N) is 2. The van der Waals surface area contributed by atoms with Gasteiger partial charge in [-0.05, 0) is 42.0 Å². The Hall–Kier alpha value is -4.04. The molecular formula is C24H23N5O3. The lowest BCUT2D eigenvalue weighted by atomic mass is 9.81. The van der Waals surface area contributed by atoms with E-state index in [1.807, 2.05) is 6.07 Å². The highest BCUT2D eigenvalue weighted by Crippen LogP contribution is 2.24. The molecule has 1 fully saturated rings. The van der Waals surface area contributed by atoms with E-state index in [4.69, 9.17) is 5.73 Å². The highest BCUT2D eigenvalue weighted by atomic mass is 16.2. The predicted octanol–water partition coefficient (Wildman–Crippen LogP) is 2.03. The smallest absolute Gasteiger partial charge is 0.255 e. The summed E-state index contributed by atoms with van der Waals surface area (Å²) in [6, 6.07) is 16.5. The number of para-hydroxylation sites is 2. The van der Waals surface area contributed by atoms with Crippen LogP contribution < -0.4 is 21.3 Å². The van der Waals surface area contributed by atoms with Gasteiger partial charge >= 0.3 is 0 Å². The van der Waals surface area contributed by atoms with E-state index in [1.54, 1.807) is 78.9 Å². The lowest BCUT2D eigenvalue weighted by Gasteiger charge is -2.40. The van der Waals surface area contributed by atoms with E-state index in [-0.39, 0.29) is 5.91 Å². The second-order valence-corrected chi connectivity index (χ2v) is 7.59. The molecule has 0 radical (unpaired) electrons. The molecule has 1 aliphatic carbocycles. The summed E-state index contributed by atoms with van der Waals surface area (Å²) in [6.45, 7) is 0.384. The predicted molar refractivity (Wildman–Crippen MR) is 122 cm³/mol. The van der Waals surface area contributed by atoms with Gasteiger partial charge in [0.15, 0.2) is 0 Å². The quantitative estimate of drug-likeness (QED) is 0.389. The molecule has 162 valence electrons. The third kappa shape index (κ3) is 4.21. The van der Waals surface area contributed by atoms with Crippen LogP contribution in [0.1, 0.15) is 15.9 Å². The zero-order valence-electron chi connectivity index (χ0n) is 17.5. The number of hydrogen-bond acceptors (Lipinski definition) is 7. The maximum Gasteiger partial charge on any atom is 0.255 e. The molecule has 0 spiro atoms. The number of nitrogens with zero attached hydrogens (tertiary/aromatic N) is 2. The molecule has 1 saturated carbocycles. The molecule has 1 aliphatic rings. The van der Waals surface area contributed by atoms with Crippen molar-refractivity contribution in [2.45, 2.75) is 18.6 Å². The number of rotatable bonds is 7. The summed E-state index contributed by atoms with van der Waals surface area (Å²) >= 11 is 0. The normalized spacial score (nSPS) is 17.5. The average Bonchev–Trinajstić information content (AvgIpc) is 2.83. The van der Waals surface area contributed by atoms with Gasteiger partial charge < -0.3 is 21.3 Å². The van der Waals surface area contributed by atoms with Gasteiger partial charge in [-0.1, -0.05) is 24.3 Å². The van der Waals surface area contributed by atoms with Crippen LogP contribution in [0.15, 0.2) is 73.1 Å². The molecule has 1 amide bonds. The van der Waals surface area contributed by atoms with Gasteiger partial charge in [-0.3, -0.25) is 19.4 Å². The number of carbonyl (C=O) groups excluding carboxylic acids is 3. The van der Waals surface area contributed by atoms with Gasteiger partial charge in [-0.2, -0.15) is 0 Å². The number of aromatic nitrogens is 1. The minimum Gasteiger partial charge on any atom is -0.397 e. The van der Waals surface area contributed by atoms with Crippen LogP contribution in [0.5, 0.6) is 0 Å². The van der Waals surface area contributed by atoms with Crippen LogP contribution in [0, 0.1) is 0 Å². The first-order valence-corrected chi connectivity index (χ1v) is 10.1. The standard InChI is InChI=1S/C24H23N5O3/c1-29(17-5-4-12-26-14-17)21-20(22(30)23(21)31)27-13-15-8-10-16(11-9-15)24(32)28-19-7-3-2-6-18(19)25/h2-12,14,20-21,27H,13,25H2,1H3,(H,28,32). The minimum atomic E-state index is -0.600. The molecule has 2 unspecified atom stereocenters. The fourth-order valence-electron chi connectivity index (χ4n) is 3.63. The number of carbonyl (C=O) groups is 3. The first-order valence-electron chi connectivity index (χ1n) is 10.1. The fraction of sp³-hybridized carbons (Fsp3) is 0.167. The Bertz CT molecular complexity index is 1150. The summed E-state index contributed by atoms with van der Waals surface area (Å²) in [7, 11) is 1.77. The van der Waals surface area contributed by atoms with E-state index in [2.05, 4.69) is 15.6 Å². The van der Waals surface area contributed by atoms with Crippen LogP contribution in [0.2, 0.25) is 0 Å². The Morgan fingerprint density at radius 1 is 1.03 bits per heavy atom. The van der Waals surface area contributed by atoms with Crippen LogP contribution in [0.25, 0.3) is 0 Å². The number of likely N-dealkylation sites (N-methyl/N-ethyl adjacent to an activating group) is 1. The van der Waals surface area contributed by atoms with Crippen LogP contribution in [-0.4, -0.2) is 41.6 Å². The fourth-order valence-corrected chi connectivity index (χ4v) is 3.63. The van der Waals surface area contributed by atoms with Crippen molar-refractivity contribution >= 4 is 34.5 Å². The van der Waals surface area contributed by atoms with Crippen molar-refractivity contribution in [3.05, 3.63) is 84.2 Å². The molecule has 4 N–H and O–H groups in total. The second-order valence-electron chi connectivity index (χ2n) is 7.59. The number of hydrogen-bond donors (Lipinski definition) is 3. The molecule has 8 nitrogen and oxygen atoms in total. The largest absolute Gasteiger partial charge is 0.397 e. The van der Waals surface area contributed by atoms with Gasteiger partial charge in [-0.15, -0.1) is 0 Å². The van der Waals surface area contributed by atoms with E-state index in [0.717, 1.165) is 11.3 Å². The zero-order valence-corrected chi connectivity index (χ0v) is 17.5. The number of nitrogen functional groups attached to an aromatic ring is 1. The average molecular weight is 429 g/mol. The third-order valence-corrected chi connectivity index (χ3v) is 5.53. The number of Topliss-reactive ketones (excluding diaryl/α,β-unsaturated/α-hetero) is 2. The van der Waals surface area contributed by atoms with E-state index >= 15 is 0 Å². The van der Waals surface area contributed by atoms with E-state index in [1.165, 1.54) is 0 Å². The Labute approximate surface area is 185 Å². The van der Waals surface area contributed by atoms with Crippen molar-refractivity contribution in [1.82, 2.24) is 10.3 Å². The monoisotopic (exact) mass is 429 g/mol. The topological polar surface area (TPSA) is 117 Å². The Morgan fingerprint density at radius 3 is 2.47 bits per heavy atom. The van der Waals surface area contributed by atoms with Gasteiger partial charge in [0.1, 0.15) is 12.1 Å². The second kappa shape index (κ2) is 8.99. The summed E-state index contributed by atoms with van der Waals surface area (Å²) in [4.78, 5) is 42.6. The Kier molecular flexibility index (Phi) is 5.96. The number of pyridine rings is 1. The number of ketones is 2. The van der Waals surface area contributed by atoms with Crippen LogP contribution in [-0.2, 0) is 16.1 Å². The van der Waals surface area contributed by atoms with Crippen LogP contribution >= 0.6 is 0 Å². The third-order valence-electron chi connectivity index (χ3n) is 5.53. The molecular weight excluding hydrogens is 406 g/mol. The molecule has 2 aromatic carbocycles. The molecule has 0 saturated heterocycles.